The van der Waals surface area contributed by atoms with E-state index in [1.165, 1.54) is 0 Å². The Balaban J connectivity index is 2.75. The van der Waals surface area contributed by atoms with Gasteiger partial charge in [-0.3, -0.25) is 0 Å². The van der Waals surface area contributed by atoms with Gasteiger partial charge in [0.1, 0.15) is 0 Å². The minimum absolute atomic E-state index is 0.0181. The van der Waals surface area contributed by atoms with E-state index in [1.54, 1.807) is 0 Å². The summed E-state index contributed by atoms with van der Waals surface area (Å²) in [6, 6.07) is 0.341. The van der Waals surface area contributed by atoms with Crippen molar-refractivity contribution < 1.29 is 9.84 Å². The summed E-state index contributed by atoms with van der Waals surface area (Å²) < 4.78 is 5.57. The summed E-state index contributed by atoms with van der Waals surface area (Å²) in [5, 5.41) is 11.9. The average Bonchev–Trinajstić information content (AvgIpc) is 2.42. The number of rotatable bonds is 10. The number of unbranched alkanes of at least 4 members (excludes halogenated alkanes) is 2. The van der Waals surface area contributed by atoms with Crippen molar-refractivity contribution >= 4 is 11.9 Å². The van der Waals surface area contributed by atoms with Crippen LogP contribution in [0.2, 0.25) is 0 Å². The van der Waals surface area contributed by atoms with Crippen LogP contribution in [0.25, 0.3) is 0 Å². The molecule has 1 rings (SSSR count). The molecule has 2 N–H and O–H groups in total. The summed E-state index contributed by atoms with van der Waals surface area (Å²) in [5.41, 5.74) is 0. The Hall–Kier alpha value is -1.63. The van der Waals surface area contributed by atoms with E-state index in [-0.39, 0.29) is 12.7 Å². The highest BCUT2D eigenvalue weighted by Crippen LogP contribution is 2.15. The maximum absolute atomic E-state index is 8.79. The van der Waals surface area contributed by atoms with E-state index < -0.39 is 0 Å². The van der Waals surface area contributed by atoms with Crippen LogP contribution in [0, 0.1) is 0 Å². The van der Waals surface area contributed by atoms with Crippen LogP contribution < -0.4 is 15.0 Å². The van der Waals surface area contributed by atoms with Crippen LogP contribution in [0.3, 0.4) is 0 Å². The van der Waals surface area contributed by atoms with Crippen molar-refractivity contribution in [3.05, 3.63) is 0 Å². The molecule has 0 aliphatic rings. The molecule has 0 saturated carbocycles. The molecule has 7 nitrogen and oxygen atoms in total. The smallest absolute Gasteiger partial charge is 0.323 e. The fourth-order valence-electron chi connectivity index (χ4n) is 1.75. The van der Waals surface area contributed by atoms with Crippen LogP contribution in [-0.4, -0.2) is 52.9 Å². The van der Waals surface area contributed by atoms with Crippen LogP contribution in [-0.2, 0) is 0 Å². The summed E-state index contributed by atoms with van der Waals surface area (Å²) >= 11 is 0. The van der Waals surface area contributed by atoms with Crippen LogP contribution in [0.15, 0.2) is 0 Å². The number of nitrogens with one attached hydrogen (secondary N) is 1. The quantitative estimate of drug-likeness (QED) is 0.636. The molecule has 0 unspecified atom stereocenters. The first kappa shape index (κ1) is 17.4. The van der Waals surface area contributed by atoms with Gasteiger partial charge < -0.3 is 20.1 Å². The number of hydrogen-bond donors (Lipinski definition) is 2. The Morgan fingerprint density at radius 1 is 1.19 bits per heavy atom. The van der Waals surface area contributed by atoms with E-state index in [0.717, 1.165) is 32.4 Å². The summed E-state index contributed by atoms with van der Waals surface area (Å²) in [4.78, 5) is 15.0. The third-order valence-corrected chi connectivity index (χ3v) is 2.77. The standard InChI is InChI=1S/C14H27N5O2/c1-5-15-12-16-13(18-14(17-12)21-11(2)3)19(4)9-7-6-8-10-20/h11,20H,5-10H2,1-4H3,(H,15,16,17,18). The topological polar surface area (TPSA) is 83.4 Å². The Morgan fingerprint density at radius 2 is 1.95 bits per heavy atom. The molecule has 21 heavy (non-hydrogen) atoms. The van der Waals surface area contributed by atoms with E-state index >= 15 is 0 Å². The van der Waals surface area contributed by atoms with Gasteiger partial charge in [0.05, 0.1) is 6.10 Å². The monoisotopic (exact) mass is 297 g/mol. The number of anilines is 2. The summed E-state index contributed by atoms with van der Waals surface area (Å²) in [5.74, 6) is 1.13. The second-order valence-electron chi connectivity index (χ2n) is 5.14. The van der Waals surface area contributed by atoms with Gasteiger partial charge in [-0.15, -0.1) is 0 Å². The number of aliphatic hydroxyl groups excluding tert-OH is 1. The molecule has 0 amide bonds. The highest BCUT2D eigenvalue weighted by atomic mass is 16.5. The normalized spacial score (nSPS) is 10.8. The van der Waals surface area contributed by atoms with E-state index in [0.29, 0.717) is 17.9 Å². The molecule has 1 aromatic heterocycles. The highest BCUT2D eigenvalue weighted by molar-refractivity contribution is 5.37. The van der Waals surface area contributed by atoms with Gasteiger partial charge in [0, 0.05) is 26.7 Å². The van der Waals surface area contributed by atoms with E-state index in [1.807, 2.05) is 32.7 Å². The van der Waals surface area contributed by atoms with Crippen molar-refractivity contribution in [1.82, 2.24) is 15.0 Å². The molecule has 0 atom stereocenters. The highest BCUT2D eigenvalue weighted by Gasteiger charge is 2.11. The fourth-order valence-corrected chi connectivity index (χ4v) is 1.75. The third-order valence-electron chi connectivity index (χ3n) is 2.77. The van der Waals surface area contributed by atoms with Crippen molar-refractivity contribution in [2.24, 2.45) is 0 Å². The molecule has 0 saturated heterocycles. The van der Waals surface area contributed by atoms with Gasteiger partial charge in [-0.2, -0.15) is 15.0 Å². The minimum atomic E-state index is 0.0181. The molecule has 0 radical (unpaired) electrons. The maximum atomic E-state index is 8.79. The second kappa shape index (κ2) is 9.33. The molecular weight excluding hydrogens is 270 g/mol. The minimum Gasteiger partial charge on any atom is -0.461 e. The lowest BCUT2D eigenvalue weighted by atomic mass is 10.2. The van der Waals surface area contributed by atoms with Crippen molar-refractivity contribution in [2.45, 2.75) is 46.1 Å². The first-order chi connectivity index (χ1) is 10.1. The predicted molar refractivity (Wildman–Crippen MR) is 84.0 cm³/mol. The summed E-state index contributed by atoms with van der Waals surface area (Å²) in [6.45, 7) is 7.68. The van der Waals surface area contributed by atoms with Crippen LogP contribution in [0.4, 0.5) is 11.9 Å². The van der Waals surface area contributed by atoms with Crippen molar-refractivity contribution in [2.75, 3.05) is 37.0 Å². The molecule has 0 bridgehead atoms. The van der Waals surface area contributed by atoms with Crippen molar-refractivity contribution in [1.29, 1.82) is 0 Å². The summed E-state index contributed by atoms with van der Waals surface area (Å²) in [7, 11) is 1.95. The second-order valence-corrected chi connectivity index (χ2v) is 5.14. The van der Waals surface area contributed by atoms with Gasteiger partial charge in [0.2, 0.25) is 11.9 Å². The zero-order valence-corrected chi connectivity index (χ0v) is 13.5. The zero-order chi connectivity index (χ0) is 15.7. The first-order valence-corrected chi connectivity index (χ1v) is 7.55. The Kier molecular flexibility index (Phi) is 7.74. The van der Waals surface area contributed by atoms with Gasteiger partial charge in [-0.25, -0.2) is 0 Å². The van der Waals surface area contributed by atoms with Crippen LogP contribution in [0.1, 0.15) is 40.0 Å². The summed E-state index contributed by atoms with van der Waals surface area (Å²) in [6.07, 6.45) is 2.82. The van der Waals surface area contributed by atoms with Crippen molar-refractivity contribution in [3.8, 4) is 6.01 Å². The van der Waals surface area contributed by atoms with Gasteiger partial charge >= 0.3 is 6.01 Å². The molecule has 0 aliphatic heterocycles. The lowest BCUT2D eigenvalue weighted by Gasteiger charge is -2.18. The van der Waals surface area contributed by atoms with E-state index in [4.69, 9.17) is 9.84 Å². The lowest BCUT2D eigenvalue weighted by Crippen LogP contribution is -2.23. The number of nitrogens with zero attached hydrogens (tertiary/aromatic N) is 4. The molecule has 0 fully saturated rings. The van der Waals surface area contributed by atoms with Gasteiger partial charge in [0.25, 0.3) is 0 Å². The fraction of sp³-hybridized carbons (Fsp3) is 0.786. The Labute approximate surface area is 126 Å². The number of hydrogen-bond acceptors (Lipinski definition) is 7. The average molecular weight is 297 g/mol. The molecule has 0 spiro atoms. The molecule has 0 aromatic carbocycles. The maximum Gasteiger partial charge on any atom is 0.323 e. The van der Waals surface area contributed by atoms with Crippen LogP contribution >= 0.6 is 0 Å². The van der Waals surface area contributed by atoms with Gasteiger partial charge in [0.15, 0.2) is 0 Å². The SMILES string of the molecule is CCNc1nc(OC(C)C)nc(N(C)CCCCCO)n1. The predicted octanol–water partition coefficient (Wildman–Crippen LogP) is 1.69. The van der Waals surface area contributed by atoms with Gasteiger partial charge in [-0.05, 0) is 40.0 Å². The number of aliphatic hydroxyl groups is 1. The number of ether oxygens (including phenoxy) is 1. The van der Waals surface area contributed by atoms with E-state index in [9.17, 15) is 0 Å². The van der Waals surface area contributed by atoms with Gasteiger partial charge in [-0.1, -0.05) is 0 Å². The number of aromatic nitrogens is 3. The van der Waals surface area contributed by atoms with Crippen molar-refractivity contribution in [3.63, 3.8) is 0 Å². The zero-order valence-electron chi connectivity index (χ0n) is 13.5. The van der Waals surface area contributed by atoms with E-state index in [2.05, 4.69) is 20.3 Å². The lowest BCUT2D eigenvalue weighted by molar-refractivity contribution is 0.222. The molecular formula is C14H27N5O2. The molecule has 7 heteroatoms. The Bertz CT molecular complexity index is 414. The molecule has 120 valence electrons. The van der Waals surface area contributed by atoms with Crippen LogP contribution in [0.5, 0.6) is 6.01 Å². The largest absolute Gasteiger partial charge is 0.461 e. The third kappa shape index (κ3) is 6.57. The Morgan fingerprint density at radius 3 is 2.57 bits per heavy atom. The molecule has 1 heterocycles. The molecule has 0 aliphatic carbocycles. The first-order valence-electron chi connectivity index (χ1n) is 7.55. The molecule has 1 aromatic rings.